The first-order valence-electron chi connectivity index (χ1n) is 12.4. The molecule has 1 unspecified atom stereocenters. The first kappa shape index (κ1) is 23.4. The lowest BCUT2D eigenvalue weighted by molar-refractivity contribution is -0.946. The quantitative estimate of drug-likeness (QED) is 0.428. The van der Waals surface area contributed by atoms with Gasteiger partial charge in [-0.25, -0.2) is 9.18 Å². The molecule has 1 N–H and O–H groups in total. The van der Waals surface area contributed by atoms with Crippen LogP contribution in [0.5, 0.6) is 5.75 Å². The summed E-state index contributed by atoms with van der Waals surface area (Å²) in [5, 5.41) is 3.00. The van der Waals surface area contributed by atoms with Crippen LogP contribution in [0.15, 0.2) is 78.9 Å². The third-order valence-electron chi connectivity index (χ3n) is 7.44. The second-order valence-electron chi connectivity index (χ2n) is 9.72. The number of hydrogen-bond acceptors (Lipinski definition) is 3. The zero-order chi connectivity index (χ0) is 24.1. The summed E-state index contributed by atoms with van der Waals surface area (Å²) >= 11 is 0. The van der Waals surface area contributed by atoms with Crippen molar-refractivity contribution in [2.75, 3.05) is 38.1 Å². The Bertz CT molecular complexity index is 1130. The Balaban J connectivity index is 1.17. The Labute approximate surface area is 206 Å². The standard InChI is InChI=1S/C29H31FN2O3/c30-25-10-12-26(13-11-25)34-19-18-32-16-14-23(15-17-32)28(21-32)35-29(33)31-27-9-5-4-8-24(27)20-22-6-2-1-3-7-22/h1-13,23,28H,14-21H2/p+1. The molecule has 1 atom stereocenters. The number of hydrogen-bond donors (Lipinski definition) is 1. The van der Waals surface area contributed by atoms with Crippen molar-refractivity contribution in [1.82, 2.24) is 0 Å². The van der Waals surface area contributed by atoms with Crippen LogP contribution in [-0.4, -0.2) is 49.5 Å². The van der Waals surface area contributed by atoms with Crippen molar-refractivity contribution in [3.8, 4) is 5.75 Å². The first-order chi connectivity index (χ1) is 17.1. The fraction of sp³-hybridized carbons (Fsp3) is 0.345. The van der Waals surface area contributed by atoms with Crippen molar-refractivity contribution in [2.45, 2.75) is 25.4 Å². The average Bonchev–Trinajstić information content (AvgIpc) is 2.88. The number of carbonyl (C=O) groups is 1. The lowest BCUT2D eigenvalue weighted by Gasteiger charge is -2.51. The number of amides is 1. The minimum absolute atomic E-state index is 0.0930. The fourth-order valence-corrected chi connectivity index (χ4v) is 5.45. The summed E-state index contributed by atoms with van der Waals surface area (Å²) in [7, 11) is 0. The van der Waals surface area contributed by atoms with E-state index in [0.717, 1.165) is 61.2 Å². The molecule has 6 rings (SSSR count). The van der Waals surface area contributed by atoms with E-state index in [2.05, 4.69) is 17.4 Å². The Kier molecular flexibility index (Phi) is 7.00. The number of anilines is 1. The molecule has 3 saturated heterocycles. The minimum Gasteiger partial charge on any atom is -0.488 e. The third-order valence-corrected chi connectivity index (χ3v) is 7.44. The van der Waals surface area contributed by atoms with Crippen LogP contribution in [0.2, 0.25) is 0 Å². The normalized spacial score (nSPS) is 23.0. The van der Waals surface area contributed by atoms with Crippen LogP contribution in [0.3, 0.4) is 0 Å². The second-order valence-corrected chi connectivity index (χ2v) is 9.72. The Hall–Kier alpha value is -3.38. The fourth-order valence-electron chi connectivity index (χ4n) is 5.45. The summed E-state index contributed by atoms with van der Waals surface area (Å²) in [6.45, 7) is 4.39. The third kappa shape index (κ3) is 5.82. The molecule has 3 aromatic rings. The second kappa shape index (κ2) is 10.5. The highest BCUT2D eigenvalue weighted by Crippen LogP contribution is 2.35. The van der Waals surface area contributed by atoms with Gasteiger partial charge in [0.1, 0.15) is 31.3 Å². The number of carbonyl (C=O) groups excluding carboxylic acids is 1. The van der Waals surface area contributed by atoms with Crippen LogP contribution in [0.4, 0.5) is 14.9 Å². The largest absolute Gasteiger partial charge is 0.488 e. The molecule has 5 nitrogen and oxygen atoms in total. The van der Waals surface area contributed by atoms with Crippen molar-refractivity contribution in [3.63, 3.8) is 0 Å². The first-order valence-corrected chi connectivity index (χ1v) is 12.4. The van der Waals surface area contributed by atoms with Gasteiger partial charge in [-0.1, -0.05) is 48.5 Å². The summed E-state index contributed by atoms with van der Waals surface area (Å²) in [4.78, 5) is 12.9. The van der Waals surface area contributed by atoms with Crippen LogP contribution >= 0.6 is 0 Å². The van der Waals surface area contributed by atoms with E-state index in [-0.39, 0.29) is 18.0 Å². The molecule has 1 amide bonds. The van der Waals surface area contributed by atoms with Crippen molar-refractivity contribution < 1.29 is 23.1 Å². The van der Waals surface area contributed by atoms with Gasteiger partial charge in [-0.3, -0.25) is 5.32 Å². The predicted octanol–water partition coefficient (Wildman–Crippen LogP) is 5.65. The minimum atomic E-state index is -0.384. The summed E-state index contributed by atoms with van der Waals surface area (Å²) < 4.78 is 25.9. The zero-order valence-corrected chi connectivity index (χ0v) is 19.9. The molecule has 0 spiro atoms. The molecular formula is C29H32FN2O3+. The van der Waals surface area contributed by atoms with Gasteiger partial charge in [0.25, 0.3) is 0 Å². The number of para-hydroxylation sites is 1. The van der Waals surface area contributed by atoms with Gasteiger partial charge in [0.15, 0.2) is 6.10 Å². The van der Waals surface area contributed by atoms with Gasteiger partial charge in [0, 0.05) is 24.4 Å². The molecule has 6 heteroatoms. The molecule has 182 valence electrons. The van der Waals surface area contributed by atoms with Crippen molar-refractivity contribution in [1.29, 1.82) is 0 Å². The number of ether oxygens (including phenoxy) is 2. The Morgan fingerprint density at radius 2 is 1.66 bits per heavy atom. The number of benzene rings is 3. The van der Waals surface area contributed by atoms with E-state index in [0.29, 0.717) is 18.3 Å². The number of piperidine rings is 3. The van der Waals surface area contributed by atoms with Gasteiger partial charge in [-0.15, -0.1) is 0 Å². The van der Waals surface area contributed by atoms with Crippen molar-refractivity contribution in [2.24, 2.45) is 5.92 Å². The molecule has 3 aliphatic rings. The maximum atomic E-state index is 13.1. The molecule has 2 bridgehead atoms. The SMILES string of the molecule is O=C(Nc1ccccc1Cc1ccccc1)OC1C[N+]2(CCOc3ccc(F)cc3)CCC1CC2. The van der Waals surface area contributed by atoms with Crippen molar-refractivity contribution in [3.05, 3.63) is 95.8 Å². The average molecular weight is 476 g/mol. The zero-order valence-electron chi connectivity index (χ0n) is 19.9. The van der Waals surface area contributed by atoms with Gasteiger partial charge < -0.3 is 14.0 Å². The van der Waals surface area contributed by atoms with Gasteiger partial charge >= 0.3 is 6.09 Å². The highest BCUT2D eigenvalue weighted by Gasteiger charge is 2.47. The van der Waals surface area contributed by atoms with E-state index in [4.69, 9.17) is 9.47 Å². The number of quaternary nitrogens is 1. The molecule has 3 aliphatic heterocycles. The number of rotatable bonds is 8. The topological polar surface area (TPSA) is 47.6 Å². The molecule has 0 radical (unpaired) electrons. The lowest BCUT2D eigenvalue weighted by Crippen LogP contribution is -2.65. The maximum Gasteiger partial charge on any atom is 0.412 e. The monoisotopic (exact) mass is 475 g/mol. The molecule has 3 aromatic carbocycles. The van der Waals surface area contributed by atoms with E-state index in [1.54, 1.807) is 12.1 Å². The number of nitrogens with zero attached hydrogens (tertiary/aromatic N) is 1. The Morgan fingerprint density at radius 3 is 2.43 bits per heavy atom. The van der Waals surface area contributed by atoms with E-state index < -0.39 is 0 Å². The van der Waals surface area contributed by atoms with Crippen LogP contribution in [-0.2, 0) is 11.2 Å². The molecule has 3 fully saturated rings. The molecular weight excluding hydrogens is 443 g/mol. The van der Waals surface area contributed by atoms with Gasteiger partial charge in [0.05, 0.1) is 13.1 Å². The van der Waals surface area contributed by atoms with Gasteiger partial charge in [-0.05, 0) is 47.9 Å². The van der Waals surface area contributed by atoms with Crippen molar-refractivity contribution >= 4 is 11.8 Å². The van der Waals surface area contributed by atoms with Crippen LogP contribution in [0, 0.1) is 11.7 Å². The maximum absolute atomic E-state index is 13.1. The molecule has 0 aromatic heterocycles. The molecule has 0 saturated carbocycles. The summed E-state index contributed by atoms with van der Waals surface area (Å²) in [6, 6.07) is 24.3. The molecule has 0 aliphatic carbocycles. The van der Waals surface area contributed by atoms with Crippen LogP contribution in [0.25, 0.3) is 0 Å². The van der Waals surface area contributed by atoms with E-state index in [1.807, 2.05) is 42.5 Å². The van der Waals surface area contributed by atoms with Crippen LogP contribution in [0.1, 0.15) is 24.0 Å². The number of halogens is 1. The van der Waals surface area contributed by atoms with E-state index >= 15 is 0 Å². The van der Waals surface area contributed by atoms with Gasteiger partial charge in [0.2, 0.25) is 0 Å². The van der Waals surface area contributed by atoms with Crippen LogP contribution < -0.4 is 10.1 Å². The Morgan fingerprint density at radius 1 is 0.943 bits per heavy atom. The molecule has 3 heterocycles. The predicted molar refractivity (Wildman–Crippen MR) is 134 cm³/mol. The number of nitrogens with one attached hydrogen (secondary N) is 1. The molecule has 35 heavy (non-hydrogen) atoms. The van der Waals surface area contributed by atoms with Gasteiger partial charge in [-0.2, -0.15) is 0 Å². The highest BCUT2D eigenvalue weighted by atomic mass is 19.1. The number of fused-ring (bicyclic) bond motifs is 3. The highest BCUT2D eigenvalue weighted by molar-refractivity contribution is 5.85. The summed E-state index contributed by atoms with van der Waals surface area (Å²) in [6.07, 6.45) is 2.38. The summed E-state index contributed by atoms with van der Waals surface area (Å²) in [5.41, 5.74) is 3.05. The van der Waals surface area contributed by atoms with E-state index in [9.17, 15) is 9.18 Å². The summed E-state index contributed by atoms with van der Waals surface area (Å²) in [5.74, 6) is 0.828. The lowest BCUT2D eigenvalue weighted by atomic mass is 9.83. The van der Waals surface area contributed by atoms with E-state index in [1.165, 1.54) is 17.7 Å². The smallest absolute Gasteiger partial charge is 0.412 e.